The van der Waals surface area contributed by atoms with Crippen molar-refractivity contribution in [1.29, 1.82) is 0 Å². The summed E-state index contributed by atoms with van der Waals surface area (Å²) in [6, 6.07) is 0.646. The number of aromatic nitrogens is 3. The van der Waals surface area contributed by atoms with Gasteiger partial charge in [0.05, 0.1) is 6.61 Å². The van der Waals surface area contributed by atoms with Gasteiger partial charge in [-0.05, 0) is 39.0 Å². The van der Waals surface area contributed by atoms with Crippen LogP contribution < -0.4 is 5.32 Å². The fraction of sp³-hybridized carbons (Fsp3) is 0.846. The minimum atomic E-state index is -0.0491. The molecule has 2 N–H and O–H groups in total. The monoisotopic (exact) mass is 282 g/mol. The van der Waals surface area contributed by atoms with E-state index in [-0.39, 0.29) is 12.1 Å². The summed E-state index contributed by atoms with van der Waals surface area (Å²) in [7, 11) is 2.01. The summed E-state index contributed by atoms with van der Waals surface area (Å²) in [6.45, 7) is 2.22. The van der Waals surface area contributed by atoms with Crippen LogP contribution in [-0.2, 0) is 7.05 Å². The lowest BCUT2D eigenvalue weighted by Crippen LogP contribution is -2.47. The zero-order valence-corrected chi connectivity index (χ0v) is 12.4. The summed E-state index contributed by atoms with van der Waals surface area (Å²) in [4.78, 5) is 0. The van der Waals surface area contributed by atoms with E-state index in [1.165, 1.54) is 12.8 Å². The highest BCUT2D eigenvalue weighted by molar-refractivity contribution is 7.99. The molecule has 2 unspecified atom stereocenters. The quantitative estimate of drug-likeness (QED) is 0.851. The van der Waals surface area contributed by atoms with E-state index in [9.17, 15) is 5.11 Å². The van der Waals surface area contributed by atoms with Gasteiger partial charge < -0.3 is 15.0 Å². The van der Waals surface area contributed by atoms with E-state index < -0.39 is 0 Å². The van der Waals surface area contributed by atoms with E-state index in [4.69, 9.17) is 0 Å². The number of nitrogens with zero attached hydrogens (tertiary/aromatic N) is 3. The van der Waals surface area contributed by atoms with Gasteiger partial charge in [-0.1, -0.05) is 11.8 Å². The van der Waals surface area contributed by atoms with Crippen LogP contribution in [0, 0.1) is 6.92 Å². The van der Waals surface area contributed by atoms with Crippen LogP contribution in [0.4, 0.5) is 0 Å². The highest BCUT2D eigenvalue weighted by atomic mass is 32.2. The molecule has 0 saturated heterocycles. The van der Waals surface area contributed by atoms with Crippen molar-refractivity contribution in [3.8, 4) is 0 Å². The van der Waals surface area contributed by atoms with Gasteiger partial charge in [0.2, 0.25) is 0 Å². The topological polar surface area (TPSA) is 63.0 Å². The molecule has 2 aliphatic carbocycles. The Hall–Kier alpha value is -0.590. The Bertz CT molecular complexity index is 459. The van der Waals surface area contributed by atoms with Crippen LogP contribution in [0.2, 0.25) is 0 Å². The molecule has 1 heterocycles. The van der Waals surface area contributed by atoms with E-state index in [0.29, 0.717) is 11.3 Å². The summed E-state index contributed by atoms with van der Waals surface area (Å²) in [5, 5.41) is 23.2. The Morgan fingerprint density at radius 3 is 2.79 bits per heavy atom. The molecule has 2 saturated carbocycles. The van der Waals surface area contributed by atoms with Crippen LogP contribution in [0.3, 0.4) is 0 Å². The molecule has 2 fully saturated rings. The summed E-state index contributed by atoms with van der Waals surface area (Å²) < 4.78 is 2.04. The molecule has 1 aromatic heterocycles. The third kappa shape index (κ3) is 2.80. The minimum absolute atomic E-state index is 0.0491. The van der Waals surface area contributed by atoms with E-state index in [1.807, 2.05) is 18.5 Å². The van der Waals surface area contributed by atoms with Gasteiger partial charge in [-0.25, -0.2) is 0 Å². The lowest BCUT2D eigenvalue weighted by molar-refractivity contribution is 0.163. The van der Waals surface area contributed by atoms with Gasteiger partial charge >= 0.3 is 0 Å². The maximum absolute atomic E-state index is 9.73. The number of nitrogens with one attached hydrogen (secondary N) is 1. The van der Waals surface area contributed by atoms with Gasteiger partial charge in [-0.3, -0.25) is 0 Å². The molecule has 1 aromatic rings. The zero-order chi connectivity index (χ0) is 13.5. The van der Waals surface area contributed by atoms with Gasteiger partial charge in [0.25, 0.3) is 0 Å². The summed E-state index contributed by atoms with van der Waals surface area (Å²) in [5.74, 6) is 0.949. The molecule has 6 heteroatoms. The minimum Gasteiger partial charge on any atom is -0.394 e. The molecular weight excluding hydrogens is 260 g/mol. The van der Waals surface area contributed by atoms with Crippen molar-refractivity contribution in [2.24, 2.45) is 7.05 Å². The number of thioether (sulfide) groups is 1. The number of aryl methyl sites for hydroxylation is 1. The number of hydrogen-bond donors (Lipinski definition) is 2. The maximum atomic E-state index is 9.73. The van der Waals surface area contributed by atoms with Crippen LogP contribution in [0.25, 0.3) is 0 Å². The predicted molar refractivity (Wildman–Crippen MR) is 75.2 cm³/mol. The average molecular weight is 282 g/mol. The molecule has 2 atom stereocenters. The summed E-state index contributed by atoms with van der Waals surface area (Å²) >= 11 is 1.80. The Labute approximate surface area is 118 Å². The van der Waals surface area contributed by atoms with Crippen LogP contribution in [0.1, 0.15) is 37.9 Å². The second-order valence-corrected chi connectivity index (χ2v) is 7.20. The second-order valence-electron chi connectivity index (χ2n) is 5.93. The number of hydrogen-bond acceptors (Lipinski definition) is 5. The molecular formula is C13H22N4OS. The van der Waals surface area contributed by atoms with E-state index in [2.05, 4.69) is 15.5 Å². The fourth-order valence-electron chi connectivity index (χ4n) is 2.80. The number of aliphatic hydroxyl groups is 1. The Morgan fingerprint density at radius 1 is 1.42 bits per heavy atom. The Balaban J connectivity index is 1.63. The fourth-order valence-corrected chi connectivity index (χ4v) is 4.11. The van der Waals surface area contributed by atoms with Crippen LogP contribution in [0.5, 0.6) is 0 Å². The van der Waals surface area contributed by atoms with Gasteiger partial charge in [0.15, 0.2) is 5.16 Å². The first-order valence-electron chi connectivity index (χ1n) is 7.03. The summed E-state index contributed by atoms with van der Waals surface area (Å²) in [6.07, 6.45) is 5.76. The SMILES string of the molecule is Cc1nnc(SC2CCC(CO)(NC3CC3)C2)n1C. The van der Waals surface area contributed by atoms with Crippen molar-refractivity contribution in [3.05, 3.63) is 5.82 Å². The standard InChI is InChI=1S/C13H22N4OS/c1-9-15-16-12(17(9)2)19-11-5-6-13(7-11,8-18)14-10-3-4-10/h10-11,14,18H,3-8H2,1-2H3. The third-order valence-electron chi connectivity index (χ3n) is 4.28. The highest BCUT2D eigenvalue weighted by Gasteiger charge is 2.42. The van der Waals surface area contributed by atoms with Crippen LogP contribution >= 0.6 is 11.8 Å². The summed E-state index contributed by atoms with van der Waals surface area (Å²) in [5.41, 5.74) is -0.0491. The number of rotatable bonds is 5. The highest BCUT2D eigenvalue weighted by Crippen LogP contribution is 2.41. The van der Waals surface area contributed by atoms with Gasteiger partial charge in [0, 0.05) is 23.9 Å². The largest absolute Gasteiger partial charge is 0.394 e. The van der Waals surface area contributed by atoms with Crippen molar-refractivity contribution >= 4 is 11.8 Å². The molecule has 0 aromatic carbocycles. The van der Waals surface area contributed by atoms with Crippen LogP contribution in [0.15, 0.2) is 5.16 Å². The normalized spacial score (nSPS) is 31.0. The Morgan fingerprint density at radius 2 is 2.21 bits per heavy atom. The van der Waals surface area contributed by atoms with Crippen LogP contribution in [-0.4, -0.2) is 43.3 Å². The van der Waals surface area contributed by atoms with E-state index in [1.54, 1.807) is 11.8 Å². The molecule has 0 bridgehead atoms. The lowest BCUT2D eigenvalue weighted by Gasteiger charge is -2.28. The van der Waals surface area contributed by atoms with Crippen molar-refractivity contribution in [2.45, 2.75) is 61.0 Å². The smallest absolute Gasteiger partial charge is 0.191 e. The predicted octanol–water partition coefficient (Wildman–Crippen LogP) is 1.25. The molecule has 0 aliphatic heterocycles. The molecule has 0 spiro atoms. The van der Waals surface area contributed by atoms with Gasteiger partial charge in [0.1, 0.15) is 5.82 Å². The first kappa shape index (κ1) is 13.4. The molecule has 0 radical (unpaired) electrons. The third-order valence-corrected chi connectivity index (χ3v) is 5.58. The molecule has 0 amide bonds. The molecule has 3 rings (SSSR count). The van der Waals surface area contributed by atoms with Crippen molar-refractivity contribution < 1.29 is 5.11 Å². The molecule has 2 aliphatic rings. The van der Waals surface area contributed by atoms with Crippen molar-refractivity contribution in [2.75, 3.05) is 6.61 Å². The van der Waals surface area contributed by atoms with Gasteiger partial charge in [-0.15, -0.1) is 10.2 Å². The molecule has 19 heavy (non-hydrogen) atoms. The average Bonchev–Trinajstić information content (AvgIpc) is 3.05. The molecule has 5 nitrogen and oxygen atoms in total. The van der Waals surface area contributed by atoms with E-state index >= 15 is 0 Å². The number of aliphatic hydroxyl groups excluding tert-OH is 1. The van der Waals surface area contributed by atoms with Crippen molar-refractivity contribution in [1.82, 2.24) is 20.1 Å². The first-order valence-corrected chi connectivity index (χ1v) is 7.91. The first-order chi connectivity index (χ1) is 9.12. The zero-order valence-electron chi connectivity index (χ0n) is 11.6. The van der Waals surface area contributed by atoms with E-state index in [0.717, 1.165) is 30.2 Å². The van der Waals surface area contributed by atoms with Gasteiger partial charge in [-0.2, -0.15) is 0 Å². The maximum Gasteiger partial charge on any atom is 0.191 e. The second kappa shape index (κ2) is 5.07. The molecule has 106 valence electrons. The lowest BCUT2D eigenvalue weighted by atomic mass is 9.99. The van der Waals surface area contributed by atoms with Crippen molar-refractivity contribution in [3.63, 3.8) is 0 Å². The Kier molecular flexibility index (Phi) is 3.57.